The zero-order chi connectivity index (χ0) is 12.8. The number of ether oxygens (including phenoxy) is 1. The van der Waals surface area contributed by atoms with Gasteiger partial charge in [0.2, 0.25) is 0 Å². The molecule has 4 nitrogen and oxygen atoms in total. The number of carbonyl (C=O) groups is 1. The Morgan fingerprint density at radius 2 is 2.12 bits per heavy atom. The van der Waals surface area contributed by atoms with Gasteiger partial charge in [0.15, 0.2) is 0 Å². The third-order valence-electron chi connectivity index (χ3n) is 2.39. The molecule has 17 heavy (non-hydrogen) atoms. The van der Waals surface area contributed by atoms with E-state index in [1.165, 1.54) is 0 Å². The Morgan fingerprint density at radius 1 is 1.47 bits per heavy atom. The van der Waals surface area contributed by atoms with Crippen molar-refractivity contribution in [2.45, 2.75) is 13.0 Å². The highest BCUT2D eigenvalue weighted by Crippen LogP contribution is 2.29. The highest BCUT2D eigenvalue weighted by atomic mass is 79.9. The Bertz CT molecular complexity index is 381. The van der Waals surface area contributed by atoms with E-state index in [4.69, 9.17) is 9.84 Å². The van der Waals surface area contributed by atoms with Crippen LogP contribution < -0.4 is 0 Å². The van der Waals surface area contributed by atoms with Gasteiger partial charge in [-0.3, -0.25) is 4.79 Å². The Labute approximate surface area is 108 Å². The first-order valence-electron chi connectivity index (χ1n) is 5.31. The summed E-state index contributed by atoms with van der Waals surface area (Å²) in [5.74, 6) is -1.56. The maximum absolute atomic E-state index is 11.5. The van der Waals surface area contributed by atoms with E-state index >= 15 is 0 Å². The normalized spacial score (nSPS) is 14.1. The van der Waals surface area contributed by atoms with E-state index in [0.717, 1.165) is 0 Å². The molecule has 0 amide bonds. The van der Waals surface area contributed by atoms with Gasteiger partial charge in [-0.15, -0.1) is 0 Å². The van der Waals surface area contributed by atoms with Gasteiger partial charge in [0.05, 0.1) is 19.3 Å². The minimum atomic E-state index is -1.09. The summed E-state index contributed by atoms with van der Waals surface area (Å²) in [6.45, 7) is 1.44. The SMILES string of the molecule is CCOC(=O)C(CO)C(O)c1ccccc1Br. The zero-order valence-corrected chi connectivity index (χ0v) is 11.1. The fourth-order valence-corrected chi connectivity index (χ4v) is 2.00. The molecule has 0 saturated heterocycles. The lowest BCUT2D eigenvalue weighted by Crippen LogP contribution is -2.28. The van der Waals surface area contributed by atoms with Crippen LogP contribution in [0.15, 0.2) is 28.7 Å². The Hall–Kier alpha value is -0.910. The molecule has 2 atom stereocenters. The van der Waals surface area contributed by atoms with Gasteiger partial charge in [-0.1, -0.05) is 34.1 Å². The predicted octanol–water partition coefficient (Wildman–Crippen LogP) is 1.65. The highest BCUT2D eigenvalue weighted by molar-refractivity contribution is 9.10. The number of aliphatic hydroxyl groups excluding tert-OH is 2. The molecule has 2 N–H and O–H groups in total. The Balaban J connectivity index is 2.90. The smallest absolute Gasteiger partial charge is 0.314 e. The molecule has 0 saturated carbocycles. The average molecular weight is 303 g/mol. The van der Waals surface area contributed by atoms with Gasteiger partial charge in [0.25, 0.3) is 0 Å². The lowest BCUT2D eigenvalue weighted by atomic mass is 9.96. The third-order valence-corrected chi connectivity index (χ3v) is 3.11. The first kappa shape index (κ1) is 14.2. The van der Waals surface area contributed by atoms with Crippen molar-refractivity contribution in [3.63, 3.8) is 0 Å². The largest absolute Gasteiger partial charge is 0.466 e. The number of benzene rings is 1. The van der Waals surface area contributed by atoms with E-state index < -0.39 is 24.6 Å². The second-order valence-corrected chi connectivity index (χ2v) is 4.36. The molecule has 1 rings (SSSR count). The van der Waals surface area contributed by atoms with Crippen LogP contribution in [0.5, 0.6) is 0 Å². The van der Waals surface area contributed by atoms with E-state index in [1.807, 2.05) is 0 Å². The lowest BCUT2D eigenvalue weighted by molar-refractivity contribution is -0.154. The first-order chi connectivity index (χ1) is 8.11. The van der Waals surface area contributed by atoms with Crippen LogP contribution in [0.2, 0.25) is 0 Å². The Morgan fingerprint density at radius 3 is 2.65 bits per heavy atom. The van der Waals surface area contributed by atoms with E-state index in [0.29, 0.717) is 10.0 Å². The van der Waals surface area contributed by atoms with Crippen molar-refractivity contribution in [3.05, 3.63) is 34.3 Å². The molecule has 1 aromatic rings. The van der Waals surface area contributed by atoms with Gasteiger partial charge in [-0.25, -0.2) is 0 Å². The molecule has 0 aliphatic heterocycles. The highest BCUT2D eigenvalue weighted by Gasteiger charge is 2.29. The molecule has 0 radical (unpaired) electrons. The average Bonchev–Trinajstić information content (AvgIpc) is 2.30. The van der Waals surface area contributed by atoms with Crippen LogP contribution >= 0.6 is 15.9 Å². The first-order valence-corrected chi connectivity index (χ1v) is 6.11. The van der Waals surface area contributed by atoms with Crippen molar-refractivity contribution in [1.29, 1.82) is 0 Å². The van der Waals surface area contributed by atoms with Crippen LogP contribution in [0.4, 0.5) is 0 Å². The second kappa shape index (κ2) is 6.74. The van der Waals surface area contributed by atoms with Crippen LogP contribution in [0.25, 0.3) is 0 Å². The van der Waals surface area contributed by atoms with Crippen LogP contribution in [0.1, 0.15) is 18.6 Å². The molecule has 0 spiro atoms. The number of hydrogen-bond acceptors (Lipinski definition) is 4. The second-order valence-electron chi connectivity index (χ2n) is 3.51. The van der Waals surface area contributed by atoms with Gasteiger partial charge in [0.1, 0.15) is 5.92 Å². The summed E-state index contributed by atoms with van der Waals surface area (Å²) in [4.78, 5) is 11.5. The van der Waals surface area contributed by atoms with E-state index in [1.54, 1.807) is 31.2 Å². The van der Waals surface area contributed by atoms with Crippen molar-refractivity contribution in [2.24, 2.45) is 5.92 Å². The maximum Gasteiger partial charge on any atom is 0.314 e. The van der Waals surface area contributed by atoms with Gasteiger partial charge in [-0.2, -0.15) is 0 Å². The summed E-state index contributed by atoms with van der Waals surface area (Å²) >= 11 is 3.29. The summed E-state index contributed by atoms with van der Waals surface area (Å²) in [6, 6.07) is 7.01. The van der Waals surface area contributed by atoms with Crippen LogP contribution in [0.3, 0.4) is 0 Å². The zero-order valence-electron chi connectivity index (χ0n) is 9.47. The van der Waals surface area contributed by atoms with Crippen LogP contribution in [-0.4, -0.2) is 29.4 Å². The van der Waals surface area contributed by atoms with Crippen molar-refractivity contribution in [1.82, 2.24) is 0 Å². The number of carbonyl (C=O) groups excluding carboxylic acids is 1. The topological polar surface area (TPSA) is 66.8 Å². The number of esters is 1. The minimum Gasteiger partial charge on any atom is -0.466 e. The summed E-state index contributed by atoms with van der Waals surface area (Å²) in [5.41, 5.74) is 0.555. The molecule has 2 unspecified atom stereocenters. The molecule has 0 heterocycles. The molecular formula is C12H15BrO4. The monoisotopic (exact) mass is 302 g/mol. The molecule has 0 aliphatic carbocycles. The van der Waals surface area contributed by atoms with Gasteiger partial charge in [0, 0.05) is 4.47 Å². The number of hydrogen-bond donors (Lipinski definition) is 2. The molecule has 0 aromatic heterocycles. The van der Waals surface area contributed by atoms with Gasteiger partial charge >= 0.3 is 5.97 Å². The summed E-state index contributed by atoms with van der Waals surface area (Å²) in [7, 11) is 0. The number of halogens is 1. The van der Waals surface area contributed by atoms with E-state index in [2.05, 4.69) is 15.9 Å². The lowest BCUT2D eigenvalue weighted by Gasteiger charge is -2.20. The molecule has 0 fully saturated rings. The standard InChI is InChI=1S/C12H15BrO4/c1-2-17-12(16)9(7-14)11(15)8-5-3-4-6-10(8)13/h3-6,9,11,14-15H,2,7H2,1H3. The molecule has 1 aromatic carbocycles. The maximum atomic E-state index is 11.5. The fraction of sp³-hybridized carbons (Fsp3) is 0.417. The van der Waals surface area contributed by atoms with Crippen molar-refractivity contribution in [2.75, 3.05) is 13.2 Å². The van der Waals surface area contributed by atoms with Crippen molar-refractivity contribution in [3.8, 4) is 0 Å². The fourth-order valence-electron chi connectivity index (χ4n) is 1.48. The Kier molecular flexibility index (Phi) is 5.61. The molecule has 5 heteroatoms. The number of rotatable bonds is 5. The summed E-state index contributed by atoms with van der Waals surface area (Å²) in [6.07, 6.45) is -1.09. The van der Waals surface area contributed by atoms with Crippen LogP contribution in [0, 0.1) is 5.92 Å². The van der Waals surface area contributed by atoms with E-state index in [9.17, 15) is 9.90 Å². The summed E-state index contributed by atoms with van der Waals surface area (Å²) in [5, 5.41) is 19.2. The molecule has 94 valence electrons. The predicted molar refractivity (Wildman–Crippen MR) is 66.3 cm³/mol. The van der Waals surface area contributed by atoms with Gasteiger partial charge < -0.3 is 14.9 Å². The van der Waals surface area contributed by atoms with E-state index in [-0.39, 0.29) is 6.61 Å². The third kappa shape index (κ3) is 3.52. The molecule has 0 bridgehead atoms. The molecular weight excluding hydrogens is 288 g/mol. The van der Waals surface area contributed by atoms with Crippen molar-refractivity contribution < 1.29 is 19.7 Å². The quantitative estimate of drug-likeness (QED) is 0.812. The molecule has 0 aliphatic rings. The van der Waals surface area contributed by atoms with Crippen molar-refractivity contribution >= 4 is 21.9 Å². The van der Waals surface area contributed by atoms with Gasteiger partial charge in [-0.05, 0) is 18.6 Å². The minimum absolute atomic E-state index is 0.220. The summed E-state index contributed by atoms with van der Waals surface area (Å²) < 4.78 is 5.49. The number of aliphatic hydroxyl groups is 2. The van der Waals surface area contributed by atoms with Crippen LogP contribution in [-0.2, 0) is 9.53 Å².